The van der Waals surface area contributed by atoms with E-state index in [1.165, 1.54) is 6.07 Å². The zero-order valence-corrected chi connectivity index (χ0v) is 10.9. The molecular weight excluding hydrogens is 244 g/mol. The second kappa shape index (κ2) is 5.40. The molecule has 1 aliphatic heterocycles. The highest BCUT2D eigenvalue weighted by Crippen LogP contribution is 2.24. The third-order valence-electron chi connectivity index (χ3n) is 3.54. The van der Waals surface area contributed by atoms with Crippen molar-refractivity contribution in [3.63, 3.8) is 0 Å². The Morgan fingerprint density at radius 3 is 2.89 bits per heavy atom. The number of hydrogen-bond donors (Lipinski definition) is 3. The van der Waals surface area contributed by atoms with Gasteiger partial charge in [0.15, 0.2) is 0 Å². The molecule has 0 aliphatic carbocycles. The maximum Gasteiger partial charge on any atom is 0.335 e. The van der Waals surface area contributed by atoms with Crippen LogP contribution < -0.4 is 10.6 Å². The molecule has 0 radical (unpaired) electrons. The summed E-state index contributed by atoms with van der Waals surface area (Å²) in [6.45, 7) is 3.85. The number of benzene rings is 1. The van der Waals surface area contributed by atoms with Crippen molar-refractivity contribution in [3.8, 4) is 0 Å². The minimum atomic E-state index is -0.958. The first kappa shape index (κ1) is 13.5. The fourth-order valence-electron chi connectivity index (χ4n) is 2.22. The number of rotatable bonds is 4. The largest absolute Gasteiger partial charge is 0.478 e. The van der Waals surface area contributed by atoms with E-state index in [1.54, 1.807) is 12.1 Å². The number of carboxylic acid groups (broad SMARTS) is 1. The highest BCUT2D eigenvalue weighted by molar-refractivity contribution is 5.87. The van der Waals surface area contributed by atoms with Crippen LogP contribution in [-0.4, -0.2) is 30.1 Å². The van der Waals surface area contributed by atoms with Gasteiger partial charge < -0.3 is 15.7 Å². The molecular formula is C14H18N2O3. The predicted octanol–water partition coefficient (Wildman–Crippen LogP) is 1.00. The Morgan fingerprint density at radius 1 is 1.47 bits per heavy atom. The molecule has 0 saturated carbocycles. The SMILES string of the molecule is CC1(C(=O)NCc2cccc(C(=O)O)c2)CCNC1. The van der Waals surface area contributed by atoms with Crippen molar-refractivity contribution < 1.29 is 14.7 Å². The average molecular weight is 262 g/mol. The lowest BCUT2D eigenvalue weighted by atomic mass is 9.89. The number of aromatic carboxylic acids is 1. The number of hydrogen-bond acceptors (Lipinski definition) is 3. The van der Waals surface area contributed by atoms with Crippen LogP contribution in [0.2, 0.25) is 0 Å². The normalized spacial score (nSPS) is 22.2. The second-order valence-electron chi connectivity index (χ2n) is 5.18. The lowest BCUT2D eigenvalue weighted by molar-refractivity contribution is -0.129. The Hall–Kier alpha value is -1.88. The molecule has 19 heavy (non-hydrogen) atoms. The van der Waals surface area contributed by atoms with E-state index in [-0.39, 0.29) is 16.9 Å². The first-order valence-corrected chi connectivity index (χ1v) is 6.32. The Kier molecular flexibility index (Phi) is 3.85. The van der Waals surface area contributed by atoms with Crippen molar-refractivity contribution in [1.29, 1.82) is 0 Å². The van der Waals surface area contributed by atoms with Gasteiger partial charge >= 0.3 is 5.97 Å². The fourth-order valence-corrected chi connectivity index (χ4v) is 2.22. The van der Waals surface area contributed by atoms with E-state index >= 15 is 0 Å². The topological polar surface area (TPSA) is 78.4 Å². The lowest BCUT2D eigenvalue weighted by Gasteiger charge is -2.21. The van der Waals surface area contributed by atoms with Gasteiger partial charge in [-0.05, 0) is 37.6 Å². The Labute approximate surface area is 112 Å². The molecule has 1 atom stereocenters. The summed E-state index contributed by atoms with van der Waals surface area (Å²) < 4.78 is 0. The van der Waals surface area contributed by atoms with Crippen LogP contribution in [-0.2, 0) is 11.3 Å². The molecule has 5 heteroatoms. The smallest absolute Gasteiger partial charge is 0.335 e. The summed E-state index contributed by atoms with van der Waals surface area (Å²) in [4.78, 5) is 22.9. The van der Waals surface area contributed by atoms with Crippen LogP contribution in [0.5, 0.6) is 0 Å². The quantitative estimate of drug-likeness (QED) is 0.756. The van der Waals surface area contributed by atoms with Gasteiger partial charge in [-0.1, -0.05) is 12.1 Å². The van der Waals surface area contributed by atoms with Crippen molar-refractivity contribution in [2.24, 2.45) is 5.41 Å². The summed E-state index contributed by atoms with van der Waals surface area (Å²) in [7, 11) is 0. The molecule has 3 N–H and O–H groups in total. The Balaban J connectivity index is 1.97. The second-order valence-corrected chi connectivity index (χ2v) is 5.18. The Bertz CT molecular complexity index is 493. The molecule has 1 fully saturated rings. The fraction of sp³-hybridized carbons (Fsp3) is 0.429. The summed E-state index contributed by atoms with van der Waals surface area (Å²) in [5.74, 6) is -0.946. The van der Waals surface area contributed by atoms with Gasteiger partial charge in [0.1, 0.15) is 0 Å². The van der Waals surface area contributed by atoms with Crippen LogP contribution in [0.1, 0.15) is 29.3 Å². The van der Waals surface area contributed by atoms with Crippen molar-refractivity contribution in [2.45, 2.75) is 19.9 Å². The highest BCUT2D eigenvalue weighted by Gasteiger charge is 2.35. The maximum atomic E-state index is 12.1. The van der Waals surface area contributed by atoms with Gasteiger partial charge in [-0.2, -0.15) is 0 Å². The molecule has 1 aliphatic rings. The van der Waals surface area contributed by atoms with Crippen LogP contribution >= 0.6 is 0 Å². The van der Waals surface area contributed by atoms with Gasteiger partial charge in [0, 0.05) is 13.1 Å². The molecule has 0 bridgehead atoms. The van der Waals surface area contributed by atoms with E-state index in [9.17, 15) is 9.59 Å². The molecule has 0 spiro atoms. The van der Waals surface area contributed by atoms with E-state index in [0.29, 0.717) is 13.1 Å². The molecule has 0 aromatic heterocycles. The molecule has 1 heterocycles. The monoisotopic (exact) mass is 262 g/mol. The average Bonchev–Trinajstić information content (AvgIpc) is 2.84. The van der Waals surface area contributed by atoms with Crippen LogP contribution in [0.3, 0.4) is 0 Å². The first-order chi connectivity index (χ1) is 9.01. The standard InChI is InChI=1S/C14H18N2O3/c1-14(5-6-15-9-14)13(19)16-8-10-3-2-4-11(7-10)12(17)18/h2-4,7,15H,5-6,8-9H2,1H3,(H,16,19)(H,17,18). The molecule has 1 amide bonds. The van der Waals surface area contributed by atoms with Crippen LogP contribution in [0, 0.1) is 5.41 Å². The number of amides is 1. The first-order valence-electron chi connectivity index (χ1n) is 6.32. The van der Waals surface area contributed by atoms with Crippen LogP contribution in [0.25, 0.3) is 0 Å². The number of carbonyl (C=O) groups is 2. The Morgan fingerprint density at radius 2 is 2.26 bits per heavy atom. The minimum absolute atomic E-state index is 0.0122. The van der Waals surface area contributed by atoms with Gasteiger partial charge in [-0.25, -0.2) is 4.79 Å². The van der Waals surface area contributed by atoms with Gasteiger partial charge in [0.05, 0.1) is 11.0 Å². The highest BCUT2D eigenvalue weighted by atomic mass is 16.4. The van der Waals surface area contributed by atoms with E-state index in [2.05, 4.69) is 10.6 Å². The van der Waals surface area contributed by atoms with E-state index < -0.39 is 5.97 Å². The lowest BCUT2D eigenvalue weighted by Crippen LogP contribution is -2.40. The van der Waals surface area contributed by atoms with Crippen molar-refractivity contribution in [3.05, 3.63) is 35.4 Å². The summed E-state index contributed by atoms with van der Waals surface area (Å²) in [6.07, 6.45) is 0.827. The predicted molar refractivity (Wildman–Crippen MR) is 70.8 cm³/mol. The van der Waals surface area contributed by atoms with Gasteiger partial charge in [0.2, 0.25) is 5.91 Å². The molecule has 102 valence electrons. The number of carbonyl (C=O) groups excluding carboxylic acids is 1. The third-order valence-corrected chi connectivity index (χ3v) is 3.54. The molecule has 1 aromatic carbocycles. The number of nitrogens with one attached hydrogen (secondary N) is 2. The van der Waals surface area contributed by atoms with Crippen molar-refractivity contribution >= 4 is 11.9 Å². The minimum Gasteiger partial charge on any atom is -0.478 e. The summed E-state index contributed by atoms with van der Waals surface area (Å²) in [5, 5.41) is 15.0. The van der Waals surface area contributed by atoms with Crippen LogP contribution in [0.4, 0.5) is 0 Å². The molecule has 1 saturated heterocycles. The molecule has 1 aromatic rings. The zero-order valence-electron chi connectivity index (χ0n) is 10.9. The summed E-state index contributed by atoms with van der Waals surface area (Å²) in [5.41, 5.74) is 0.674. The molecule has 5 nitrogen and oxygen atoms in total. The maximum absolute atomic E-state index is 12.1. The molecule has 2 rings (SSSR count). The van der Waals surface area contributed by atoms with Gasteiger partial charge in [0.25, 0.3) is 0 Å². The number of carboxylic acids is 1. The molecule has 1 unspecified atom stereocenters. The van der Waals surface area contributed by atoms with E-state index in [0.717, 1.165) is 18.5 Å². The van der Waals surface area contributed by atoms with Crippen LogP contribution in [0.15, 0.2) is 24.3 Å². The van der Waals surface area contributed by atoms with Gasteiger partial charge in [-0.15, -0.1) is 0 Å². The van der Waals surface area contributed by atoms with E-state index in [4.69, 9.17) is 5.11 Å². The van der Waals surface area contributed by atoms with Crippen molar-refractivity contribution in [1.82, 2.24) is 10.6 Å². The zero-order chi connectivity index (χ0) is 13.9. The summed E-state index contributed by atoms with van der Waals surface area (Å²) in [6, 6.07) is 6.61. The summed E-state index contributed by atoms with van der Waals surface area (Å²) >= 11 is 0. The van der Waals surface area contributed by atoms with Crippen molar-refractivity contribution in [2.75, 3.05) is 13.1 Å². The third kappa shape index (κ3) is 3.12. The van der Waals surface area contributed by atoms with E-state index in [1.807, 2.05) is 13.0 Å². The van der Waals surface area contributed by atoms with Gasteiger partial charge in [-0.3, -0.25) is 4.79 Å².